The van der Waals surface area contributed by atoms with Gasteiger partial charge in [-0.1, -0.05) is 0 Å². The monoisotopic (exact) mass is 328 g/mol. The molecule has 0 radical (unpaired) electrons. The molecule has 1 saturated heterocycles. The van der Waals surface area contributed by atoms with E-state index in [1.807, 2.05) is 54.0 Å². The Labute approximate surface area is 142 Å². The predicted molar refractivity (Wildman–Crippen MR) is 92.9 cm³/mol. The smallest absolute Gasteiger partial charge is 0.253 e. The van der Waals surface area contributed by atoms with Gasteiger partial charge in [0.2, 0.25) is 0 Å². The minimum Gasteiger partial charge on any atom is -0.393 e. The molecule has 24 heavy (non-hydrogen) atoms. The van der Waals surface area contributed by atoms with Crippen LogP contribution in [0.1, 0.15) is 34.5 Å². The molecule has 6 heteroatoms. The largest absolute Gasteiger partial charge is 0.393 e. The van der Waals surface area contributed by atoms with Crippen molar-refractivity contribution in [3.05, 3.63) is 47.3 Å². The number of nitrogens with zero attached hydrogens (tertiary/aromatic N) is 3. The number of aliphatic hydroxyl groups is 1. The van der Waals surface area contributed by atoms with Gasteiger partial charge in [0.25, 0.3) is 5.91 Å². The van der Waals surface area contributed by atoms with Gasteiger partial charge in [-0.05, 0) is 44.0 Å². The molecule has 0 unspecified atom stereocenters. The first-order chi connectivity index (χ1) is 11.5. The summed E-state index contributed by atoms with van der Waals surface area (Å²) >= 11 is 0. The first-order valence-electron chi connectivity index (χ1n) is 8.33. The molecule has 1 fully saturated rings. The second-order valence-electron chi connectivity index (χ2n) is 6.33. The Balaban J connectivity index is 1.59. The van der Waals surface area contributed by atoms with Gasteiger partial charge in [0, 0.05) is 49.2 Å². The maximum Gasteiger partial charge on any atom is 0.253 e. The highest BCUT2D eigenvalue weighted by atomic mass is 16.3. The summed E-state index contributed by atoms with van der Waals surface area (Å²) < 4.78 is 1.86. The molecular formula is C18H24N4O2. The summed E-state index contributed by atoms with van der Waals surface area (Å²) in [5.74, 6) is 0.0385. The summed E-state index contributed by atoms with van der Waals surface area (Å²) in [6, 6.07) is 7.56. The molecule has 2 N–H and O–H groups in total. The third-order valence-corrected chi connectivity index (χ3v) is 4.70. The first kappa shape index (κ1) is 16.5. The van der Waals surface area contributed by atoms with Crippen molar-refractivity contribution in [3.8, 4) is 0 Å². The van der Waals surface area contributed by atoms with E-state index in [2.05, 4.69) is 10.4 Å². The Bertz CT molecular complexity index is 700. The fraction of sp³-hybridized carbons (Fsp3) is 0.444. The van der Waals surface area contributed by atoms with Crippen molar-refractivity contribution in [3.63, 3.8) is 0 Å². The van der Waals surface area contributed by atoms with Crippen LogP contribution in [0.3, 0.4) is 0 Å². The Morgan fingerprint density at radius 2 is 1.96 bits per heavy atom. The van der Waals surface area contributed by atoms with Gasteiger partial charge in [0.05, 0.1) is 12.3 Å². The lowest BCUT2D eigenvalue weighted by Crippen LogP contribution is -2.40. The van der Waals surface area contributed by atoms with Gasteiger partial charge in [-0.25, -0.2) is 0 Å². The molecule has 0 atom stereocenters. The third-order valence-electron chi connectivity index (χ3n) is 4.70. The molecule has 128 valence electrons. The van der Waals surface area contributed by atoms with Gasteiger partial charge in [-0.15, -0.1) is 0 Å². The van der Waals surface area contributed by atoms with E-state index in [1.165, 1.54) is 0 Å². The van der Waals surface area contributed by atoms with Crippen LogP contribution in [0.15, 0.2) is 30.5 Å². The van der Waals surface area contributed by atoms with Gasteiger partial charge in [0.1, 0.15) is 0 Å². The summed E-state index contributed by atoms with van der Waals surface area (Å²) in [5.41, 5.74) is 3.96. The number of hydrogen-bond donors (Lipinski definition) is 2. The second kappa shape index (κ2) is 7.05. The van der Waals surface area contributed by atoms with Crippen molar-refractivity contribution in [2.75, 3.05) is 18.4 Å². The number of likely N-dealkylation sites (tertiary alicyclic amines) is 1. The van der Waals surface area contributed by atoms with Crippen molar-refractivity contribution in [2.45, 2.75) is 32.4 Å². The van der Waals surface area contributed by atoms with Crippen LogP contribution in [0.4, 0.5) is 5.69 Å². The van der Waals surface area contributed by atoms with Crippen LogP contribution in [0.2, 0.25) is 0 Å². The number of piperidine rings is 1. The van der Waals surface area contributed by atoms with E-state index >= 15 is 0 Å². The van der Waals surface area contributed by atoms with Gasteiger partial charge in [0.15, 0.2) is 0 Å². The fourth-order valence-corrected chi connectivity index (χ4v) is 2.90. The molecule has 6 nitrogen and oxygen atoms in total. The minimum atomic E-state index is -0.267. The first-order valence-corrected chi connectivity index (χ1v) is 8.33. The van der Waals surface area contributed by atoms with Crippen molar-refractivity contribution < 1.29 is 9.90 Å². The number of aryl methyl sites for hydroxylation is 1. The standard InChI is InChI=1S/C18H24N4O2/c1-13-15(12-20-21(13)2)11-19-16-5-3-14(4-6-16)18(24)22-9-7-17(23)8-10-22/h3-6,12,17,19,23H,7-11H2,1-2H3. The number of hydrogen-bond acceptors (Lipinski definition) is 4. The van der Waals surface area contributed by atoms with E-state index in [0.29, 0.717) is 38.0 Å². The molecule has 3 rings (SSSR count). The quantitative estimate of drug-likeness (QED) is 0.900. The molecule has 1 aromatic heterocycles. The molecule has 1 amide bonds. The number of benzene rings is 1. The van der Waals surface area contributed by atoms with Crippen LogP contribution in [-0.4, -0.2) is 44.9 Å². The zero-order chi connectivity index (χ0) is 17.1. The Hall–Kier alpha value is -2.34. The average molecular weight is 328 g/mol. The van der Waals surface area contributed by atoms with Crippen LogP contribution in [0.25, 0.3) is 0 Å². The van der Waals surface area contributed by atoms with E-state index in [9.17, 15) is 9.90 Å². The van der Waals surface area contributed by atoms with Crippen LogP contribution >= 0.6 is 0 Å². The number of amides is 1. The molecule has 1 aromatic carbocycles. The van der Waals surface area contributed by atoms with E-state index in [4.69, 9.17) is 0 Å². The fourth-order valence-electron chi connectivity index (χ4n) is 2.90. The van der Waals surface area contributed by atoms with E-state index in [1.54, 1.807) is 0 Å². The molecular weight excluding hydrogens is 304 g/mol. The maximum atomic E-state index is 12.5. The molecule has 0 saturated carbocycles. The van der Waals surface area contributed by atoms with Gasteiger partial charge in [-0.2, -0.15) is 5.10 Å². The number of aliphatic hydroxyl groups excluding tert-OH is 1. The lowest BCUT2D eigenvalue weighted by Gasteiger charge is -2.29. The second-order valence-corrected chi connectivity index (χ2v) is 6.33. The van der Waals surface area contributed by atoms with Gasteiger partial charge < -0.3 is 15.3 Å². The Morgan fingerprint density at radius 1 is 1.29 bits per heavy atom. The number of rotatable bonds is 4. The molecule has 0 bridgehead atoms. The molecule has 1 aliphatic heterocycles. The highest BCUT2D eigenvalue weighted by molar-refractivity contribution is 5.94. The molecule has 0 aliphatic carbocycles. The summed E-state index contributed by atoms with van der Waals surface area (Å²) in [5, 5.41) is 17.1. The molecule has 0 spiro atoms. The Kier molecular flexibility index (Phi) is 4.85. The molecule has 2 aromatic rings. The normalized spacial score (nSPS) is 15.5. The molecule has 2 heterocycles. The number of anilines is 1. The lowest BCUT2D eigenvalue weighted by atomic mass is 10.1. The highest BCUT2D eigenvalue weighted by Gasteiger charge is 2.22. The number of aromatic nitrogens is 2. The average Bonchev–Trinajstić information content (AvgIpc) is 2.92. The van der Waals surface area contributed by atoms with E-state index in [-0.39, 0.29) is 12.0 Å². The van der Waals surface area contributed by atoms with Gasteiger partial charge in [-0.3, -0.25) is 9.48 Å². The van der Waals surface area contributed by atoms with Crippen molar-refractivity contribution in [1.82, 2.24) is 14.7 Å². The zero-order valence-corrected chi connectivity index (χ0v) is 14.2. The topological polar surface area (TPSA) is 70.4 Å². The maximum absolute atomic E-state index is 12.5. The van der Waals surface area contributed by atoms with E-state index in [0.717, 1.165) is 16.9 Å². The van der Waals surface area contributed by atoms with Crippen molar-refractivity contribution in [2.24, 2.45) is 7.05 Å². The predicted octanol–water partition coefficient (Wildman–Crippen LogP) is 1.94. The molecule has 1 aliphatic rings. The van der Waals surface area contributed by atoms with Crippen molar-refractivity contribution in [1.29, 1.82) is 0 Å². The van der Waals surface area contributed by atoms with Crippen molar-refractivity contribution >= 4 is 11.6 Å². The minimum absolute atomic E-state index is 0.0385. The van der Waals surface area contributed by atoms with Gasteiger partial charge >= 0.3 is 0 Å². The summed E-state index contributed by atoms with van der Waals surface area (Å²) in [6.07, 6.45) is 2.92. The Morgan fingerprint density at radius 3 is 2.54 bits per heavy atom. The lowest BCUT2D eigenvalue weighted by molar-refractivity contribution is 0.0546. The summed E-state index contributed by atoms with van der Waals surface area (Å²) in [6.45, 7) is 4.00. The van der Waals surface area contributed by atoms with Crippen LogP contribution in [-0.2, 0) is 13.6 Å². The summed E-state index contributed by atoms with van der Waals surface area (Å²) in [7, 11) is 1.93. The number of nitrogens with one attached hydrogen (secondary N) is 1. The summed E-state index contributed by atoms with van der Waals surface area (Å²) in [4.78, 5) is 14.3. The third kappa shape index (κ3) is 3.59. The van der Waals surface area contributed by atoms with Crippen LogP contribution in [0, 0.1) is 6.92 Å². The van der Waals surface area contributed by atoms with Crippen LogP contribution < -0.4 is 5.32 Å². The van der Waals surface area contributed by atoms with E-state index < -0.39 is 0 Å². The SMILES string of the molecule is Cc1c(CNc2ccc(C(=O)N3CCC(O)CC3)cc2)cnn1C. The van der Waals surface area contributed by atoms with Crippen LogP contribution in [0.5, 0.6) is 0 Å². The zero-order valence-electron chi connectivity index (χ0n) is 14.2. The number of carbonyl (C=O) groups excluding carboxylic acids is 1. The number of carbonyl (C=O) groups is 1. The highest BCUT2D eigenvalue weighted by Crippen LogP contribution is 2.17.